The minimum atomic E-state index is 0. The number of guanidine groups is 1. The lowest BCUT2D eigenvalue weighted by Gasteiger charge is -2.38. The molecule has 0 aromatic carbocycles. The monoisotopic (exact) mass is 420 g/mol. The number of hydrogen-bond donors (Lipinski definition) is 1. The van der Waals surface area contributed by atoms with Crippen molar-refractivity contribution in [3.8, 4) is 0 Å². The van der Waals surface area contributed by atoms with Gasteiger partial charge in [-0.1, -0.05) is 6.42 Å². The number of halogens is 1. The summed E-state index contributed by atoms with van der Waals surface area (Å²) in [7, 11) is 1.89. The zero-order valence-corrected chi connectivity index (χ0v) is 16.0. The Kier molecular flexibility index (Phi) is 5.88. The van der Waals surface area contributed by atoms with Crippen LogP contribution in [0.4, 0.5) is 0 Å². The van der Waals surface area contributed by atoms with Crippen LogP contribution in [0.25, 0.3) is 0 Å². The number of likely N-dealkylation sites (tertiary alicyclic amines) is 1. The maximum absolute atomic E-state index is 4.44. The number of thiazole rings is 1. The average molecular weight is 420 g/mol. The molecule has 2 aliphatic rings. The lowest BCUT2D eigenvalue weighted by molar-refractivity contribution is 0.151. The van der Waals surface area contributed by atoms with Gasteiger partial charge < -0.3 is 10.2 Å². The Morgan fingerprint density at radius 1 is 1.48 bits per heavy atom. The predicted molar refractivity (Wildman–Crippen MR) is 99.8 cm³/mol. The van der Waals surface area contributed by atoms with Gasteiger partial charge in [-0.3, -0.25) is 4.99 Å². The van der Waals surface area contributed by atoms with Crippen LogP contribution in [0, 0.1) is 12.3 Å². The zero-order valence-electron chi connectivity index (χ0n) is 12.9. The molecule has 1 saturated carbocycles. The first kappa shape index (κ1) is 17.0. The maximum Gasteiger partial charge on any atom is 0.193 e. The van der Waals surface area contributed by atoms with Crippen molar-refractivity contribution in [1.82, 2.24) is 15.2 Å². The third-order valence-electron chi connectivity index (χ3n) is 4.65. The summed E-state index contributed by atoms with van der Waals surface area (Å²) in [5.74, 6) is 1.07. The van der Waals surface area contributed by atoms with Gasteiger partial charge in [0.25, 0.3) is 0 Å². The SMILES string of the molecule is CN=C(NCCc1ncc(C)s1)N1CCC2(CCC2)C1.I. The average Bonchev–Trinajstić information content (AvgIpc) is 3.01. The van der Waals surface area contributed by atoms with Gasteiger partial charge in [0.15, 0.2) is 5.96 Å². The summed E-state index contributed by atoms with van der Waals surface area (Å²) in [6.45, 7) is 5.39. The Bertz CT molecular complexity index is 496. The van der Waals surface area contributed by atoms with E-state index >= 15 is 0 Å². The van der Waals surface area contributed by atoms with E-state index in [-0.39, 0.29) is 24.0 Å². The van der Waals surface area contributed by atoms with E-state index in [1.807, 2.05) is 13.2 Å². The van der Waals surface area contributed by atoms with Crippen LogP contribution < -0.4 is 5.32 Å². The highest BCUT2D eigenvalue weighted by atomic mass is 127. The Hall–Kier alpha value is -0.370. The second-order valence-corrected chi connectivity index (χ2v) is 7.43. The first-order valence-electron chi connectivity index (χ1n) is 7.58. The van der Waals surface area contributed by atoms with E-state index in [1.54, 1.807) is 11.3 Å². The number of hydrogen-bond acceptors (Lipinski definition) is 3. The number of nitrogens with one attached hydrogen (secondary N) is 1. The minimum absolute atomic E-state index is 0. The van der Waals surface area contributed by atoms with Crippen LogP contribution in [-0.4, -0.2) is 42.5 Å². The highest BCUT2D eigenvalue weighted by molar-refractivity contribution is 14.0. The molecule has 3 rings (SSSR count). The van der Waals surface area contributed by atoms with E-state index < -0.39 is 0 Å². The highest BCUT2D eigenvalue weighted by Crippen LogP contribution is 2.47. The summed E-state index contributed by atoms with van der Waals surface area (Å²) in [6.07, 6.45) is 8.53. The van der Waals surface area contributed by atoms with Gasteiger partial charge in [0.05, 0.1) is 5.01 Å². The van der Waals surface area contributed by atoms with E-state index in [9.17, 15) is 0 Å². The van der Waals surface area contributed by atoms with Crippen LogP contribution in [0.5, 0.6) is 0 Å². The molecule has 1 aromatic heterocycles. The molecule has 1 saturated heterocycles. The Morgan fingerprint density at radius 2 is 2.29 bits per heavy atom. The molecule has 21 heavy (non-hydrogen) atoms. The number of rotatable bonds is 3. The second-order valence-electron chi connectivity index (χ2n) is 6.11. The summed E-state index contributed by atoms with van der Waals surface area (Å²) < 4.78 is 0. The normalized spacial score (nSPS) is 20.3. The Morgan fingerprint density at radius 3 is 2.81 bits per heavy atom. The predicted octanol–water partition coefficient (Wildman–Crippen LogP) is 3.06. The van der Waals surface area contributed by atoms with E-state index in [0.717, 1.165) is 25.5 Å². The van der Waals surface area contributed by atoms with Gasteiger partial charge in [-0.25, -0.2) is 4.98 Å². The molecule has 6 heteroatoms. The molecule has 4 nitrogen and oxygen atoms in total. The topological polar surface area (TPSA) is 40.5 Å². The van der Waals surface area contributed by atoms with Gasteiger partial charge in [0.1, 0.15) is 0 Å². The molecule has 0 unspecified atom stereocenters. The Labute approximate surface area is 148 Å². The molecule has 1 aliphatic carbocycles. The fourth-order valence-corrected chi connectivity index (χ4v) is 4.12. The van der Waals surface area contributed by atoms with Crippen LogP contribution in [0.15, 0.2) is 11.2 Å². The lowest BCUT2D eigenvalue weighted by Crippen LogP contribution is -2.43. The van der Waals surface area contributed by atoms with Crippen LogP contribution in [0.1, 0.15) is 35.6 Å². The molecular weight excluding hydrogens is 395 g/mol. The second kappa shape index (κ2) is 7.26. The number of aryl methyl sites for hydroxylation is 1. The zero-order chi connectivity index (χ0) is 14.0. The molecule has 2 heterocycles. The van der Waals surface area contributed by atoms with E-state index in [0.29, 0.717) is 5.41 Å². The molecule has 1 aromatic rings. The van der Waals surface area contributed by atoms with Crippen molar-refractivity contribution in [2.75, 3.05) is 26.7 Å². The first-order valence-corrected chi connectivity index (χ1v) is 8.39. The molecule has 118 valence electrons. The number of aliphatic imine (C=N–C) groups is 1. The van der Waals surface area contributed by atoms with Gasteiger partial charge in [0, 0.05) is 44.2 Å². The standard InChI is InChI=1S/C15H24N4S.HI/c1-12-10-18-13(20-12)4-8-17-14(16-2)19-9-7-15(11-19)5-3-6-15;/h10H,3-9,11H2,1-2H3,(H,16,17);1H. The Balaban J connectivity index is 0.00000161. The summed E-state index contributed by atoms with van der Waals surface area (Å²) in [4.78, 5) is 12.6. The molecule has 2 fully saturated rings. The van der Waals surface area contributed by atoms with Gasteiger partial charge >= 0.3 is 0 Å². The lowest BCUT2D eigenvalue weighted by atomic mass is 9.68. The molecule has 0 bridgehead atoms. The molecule has 1 aliphatic heterocycles. The summed E-state index contributed by atoms with van der Waals surface area (Å²) in [5.41, 5.74) is 0.629. The highest BCUT2D eigenvalue weighted by Gasteiger charge is 2.43. The molecular formula is C15H25IN4S. The number of aromatic nitrogens is 1. The van der Waals surface area contributed by atoms with Crippen molar-refractivity contribution < 1.29 is 0 Å². The molecule has 0 amide bonds. The summed E-state index contributed by atoms with van der Waals surface area (Å²) in [6, 6.07) is 0. The maximum atomic E-state index is 4.44. The van der Waals surface area contributed by atoms with Crippen molar-refractivity contribution in [3.05, 3.63) is 16.1 Å². The minimum Gasteiger partial charge on any atom is -0.356 e. The van der Waals surface area contributed by atoms with Crippen molar-refractivity contribution in [1.29, 1.82) is 0 Å². The molecule has 0 radical (unpaired) electrons. The fraction of sp³-hybridized carbons (Fsp3) is 0.733. The fourth-order valence-electron chi connectivity index (χ4n) is 3.33. The van der Waals surface area contributed by atoms with Crippen LogP contribution >= 0.6 is 35.3 Å². The van der Waals surface area contributed by atoms with Gasteiger partial charge in [-0.15, -0.1) is 35.3 Å². The summed E-state index contributed by atoms with van der Waals surface area (Å²) >= 11 is 1.79. The van der Waals surface area contributed by atoms with Crippen LogP contribution in [0.3, 0.4) is 0 Å². The van der Waals surface area contributed by atoms with Crippen molar-refractivity contribution >= 4 is 41.3 Å². The van der Waals surface area contributed by atoms with E-state index in [1.165, 1.54) is 42.1 Å². The largest absolute Gasteiger partial charge is 0.356 e. The molecule has 1 spiro atoms. The smallest absolute Gasteiger partial charge is 0.193 e. The van der Waals surface area contributed by atoms with Gasteiger partial charge in [-0.05, 0) is 31.6 Å². The molecule has 1 N–H and O–H groups in total. The van der Waals surface area contributed by atoms with E-state index in [2.05, 4.69) is 27.1 Å². The van der Waals surface area contributed by atoms with Gasteiger partial charge in [0.2, 0.25) is 0 Å². The van der Waals surface area contributed by atoms with Crippen molar-refractivity contribution in [2.45, 2.75) is 39.0 Å². The van der Waals surface area contributed by atoms with Crippen molar-refractivity contribution in [2.24, 2.45) is 10.4 Å². The van der Waals surface area contributed by atoms with E-state index in [4.69, 9.17) is 0 Å². The summed E-state index contributed by atoms with van der Waals surface area (Å²) in [5, 5.41) is 4.71. The number of nitrogens with zero attached hydrogens (tertiary/aromatic N) is 3. The molecule has 0 atom stereocenters. The first-order chi connectivity index (χ1) is 9.71. The third-order valence-corrected chi connectivity index (χ3v) is 5.63. The quantitative estimate of drug-likeness (QED) is 0.464. The van der Waals surface area contributed by atoms with Crippen LogP contribution in [-0.2, 0) is 6.42 Å². The third kappa shape index (κ3) is 3.88. The van der Waals surface area contributed by atoms with Gasteiger partial charge in [-0.2, -0.15) is 0 Å². The van der Waals surface area contributed by atoms with Crippen molar-refractivity contribution in [3.63, 3.8) is 0 Å². The van der Waals surface area contributed by atoms with Crippen LogP contribution in [0.2, 0.25) is 0 Å².